The number of fused-ring (bicyclic) bond motifs is 2. The van der Waals surface area contributed by atoms with Crippen molar-refractivity contribution < 1.29 is 9.53 Å². The summed E-state index contributed by atoms with van der Waals surface area (Å²) in [5, 5.41) is 4.27. The highest BCUT2D eigenvalue weighted by Gasteiger charge is 2.21. The monoisotopic (exact) mass is 422 g/mol. The van der Waals surface area contributed by atoms with Gasteiger partial charge in [0.15, 0.2) is 0 Å². The SMILES string of the molecule is COc1ccc2c(ccn2CC(=O)N[C@@H](CCSC)c2nc3ccccc3n2C)c1. The maximum atomic E-state index is 13.0. The summed E-state index contributed by atoms with van der Waals surface area (Å²) in [6.07, 6.45) is 4.84. The lowest BCUT2D eigenvalue weighted by Gasteiger charge is -2.19. The van der Waals surface area contributed by atoms with Gasteiger partial charge >= 0.3 is 0 Å². The molecule has 0 bridgehead atoms. The van der Waals surface area contributed by atoms with E-state index >= 15 is 0 Å². The first kappa shape index (κ1) is 20.3. The Labute approximate surface area is 180 Å². The maximum Gasteiger partial charge on any atom is 0.240 e. The smallest absolute Gasteiger partial charge is 0.240 e. The third-order valence-corrected chi connectivity index (χ3v) is 6.02. The average Bonchev–Trinajstić information content (AvgIpc) is 3.31. The van der Waals surface area contributed by atoms with E-state index in [0.29, 0.717) is 0 Å². The Hall–Kier alpha value is -2.93. The first-order chi connectivity index (χ1) is 14.6. The van der Waals surface area contributed by atoms with Crippen LogP contribution >= 0.6 is 11.8 Å². The molecule has 0 saturated heterocycles. The number of nitrogens with one attached hydrogen (secondary N) is 1. The Balaban J connectivity index is 1.56. The zero-order valence-electron chi connectivity index (χ0n) is 17.5. The Morgan fingerprint density at radius 2 is 2.03 bits per heavy atom. The van der Waals surface area contributed by atoms with Gasteiger partial charge in [0.2, 0.25) is 5.91 Å². The molecule has 4 aromatic rings. The van der Waals surface area contributed by atoms with E-state index in [4.69, 9.17) is 9.72 Å². The quantitative estimate of drug-likeness (QED) is 0.463. The molecule has 0 unspecified atom stereocenters. The molecule has 1 atom stereocenters. The summed E-state index contributed by atoms with van der Waals surface area (Å²) in [7, 11) is 3.66. The third-order valence-electron chi connectivity index (χ3n) is 5.37. The van der Waals surface area contributed by atoms with Crippen LogP contribution in [-0.2, 0) is 18.4 Å². The molecule has 2 aromatic carbocycles. The number of hydrogen-bond acceptors (Lipinski definition) is 4. The number of carbonyl (C=O) groups is 1. The summed E-state index contributed by atoms with van der Waals surface area (Å²) in [6, 6.07) is 15.8. The van der Waals surface area contributed by atoms with E-state index in [1.165, 1.54) is 0 Å². The van der Waals surface area contributed by atoms with Crippen molar-refractivity contribution in [2.75, 3.05) is 19.1 Å². The molecule has 2 aromatic heterocycles. The van der Waals surface area contributed by atoms with Crippen molar-refractivity contribution in [1.82, 2.24) is 19.4 Å². The van der Waals surface area contributed by atoms with Crippen LogP contribution in [0.4, 0.5) is 0 Å². The topological polar surface area (TPSA) is 61.1 Å². The van der Waals surface area contributed by atoms with Crippen LogP contribution in [-0.4, -0.2) is 39.1 Å². The minimum Gasteiger partial charge on any atom is -0.497 e. The van der Waals surface area contributed by atoms with Crippen molar-refractivity contribution in [2.45, 2.75) is 19.0 Å². The molecule has 30 heavy (non-hydrogen) atoms. The molecule has 0 aliphatic carbocycles. The number of nitrogens with zero attached hydrogens (tertiary/aromatic N) is 3. The molecular formula is C23H26N4O2S. The summed E-state index contributed by atoms with van der Waals surface area (Å²) >= 11 is 1.77. The summed E-state index contributed by atoms with van der Waals surface area (Å²) in [6.45, 7) is 0.259. The van der Waals surface area contributed by atoms with Gasteiger partial charge in [-0.25, -0.2) is 4.98 Å². The third kappa shape index (κ3) is 4.03. The molecule has 0 spiro atoms. The van der Waals surface area contributed by atoms with Crippen molar-refractivity contribution in [1.29, 1.82) is 0 Å². The number of imidazole rings is 1. The molecule has 2 heterocycles. The molecular weight excluding hydrogens is 396 g/mol. The predicted molar refractivity (Wildman–Crippen MR) is 123 cm³/mol. The van der Waals surface area contributed by atoms with E-state index < -0.39 is 0 Å². The Kier molecular flexibility index (Phi) is 5.99. The number of aromatic nitrogens is 3. The van der Waals surface area contributed by atoms with Crippen molar-refractivity contribution in [3.63, 3.8) is 0 Å². The van der Waals surface area contributed by atoms with Crippen LogP contribution in [0.1, 0.15) is 18.3 Å². The van der Waals surface area contributed by atoms with Crippen LogP contribution in [0, 0.1) is 0 Å². The second kappa shape index (κ2) is 8.83. The van der Waals surface area contributed by atoms with E-state index in [1.54, 1.807) is 18.9 Å². The lowest BCUT2D eigenvalue weighted by molar-refractivity contribution is -0.122. The minimum atomic E-state index is -0.135. The molecule has 0 radical (unpaired) electrons. The lowest BCUT2D eigenvalue weighted by Crippen LogP contribution is -2.33. The van der Waals surface area contributed by atoms with Gasteiger partial charge in [-0.1, -0.05) is 12.1 Å². The van der Waals surface area contributed by atoms with Gasteiger partial charge in [-0.3, -0.25) is 4.79 Å². The van der Waals surface area contributed by atoms with Gasteiger partial charge < -0.3 is 19.2 Å². The van der Waals surface area contributed by atoms with E-state index in [0.717, 1.165) is 45.7 Å². The highest BCUT2D eigenvalue weighted by molar-refractivity contribution is 7.98. The number of rotatable bonds is 8. The van der Waals surface area contributed by atoms with Crippen LogP contribution in [0.3, 0.4) is 0 Å². The first-order valence-electron chi connectivity index (χ1n) is 9.93. The summed E-state index contributed by atoms with van der Waals surface area (Å²) in [5.74, 6) is 2.62. The fraction of sp³-hybridized carbons (Fsp3) is 0.304. The number of amides is 1. The zero-order valence-corrected chi connectivity index (χ0v) is 18.3. The van der Waals surface area contributed by atoms with Gasteiger partial charge in [-0.05, 0) is 54.8 Å². The number of ether oxygens (including phenoxy) is 1. The second-order valence-corrected chi connectivity index (χ2v) is 8.27. The van der Waals surface area contributed by atoms with Crippen molar-refractivity contribution in [3.05, 3.63) is 60.6 Å². The van der Waals surface area contributed by atoms with Crippen LogP contribution in [0.2, 0.25) is 0 Å². The number of hydrogen-bond donors (Lipinski definition) is 1. The fourth-order valence-electron chi connectivity index (χ4n) is 3.82. The van der Waals surface area contributed by atoms with E-state index in [2.05, 4.69) is 22.2 Å². The van der Waals surface area contributed by atoms with Crippen molar-refractivity contribution in [2.24, 2.45) is 7.05 Å². The Bertz CT molecular complexity index is 1180. The molecule has 6 nitrogen and oxygen atoms in total. The number of para-hydroxylation sites is 2. The molecule has 0 saturated carbocycles. The zero-order chi connectivity index (χ0) is 21.1. The van der Waals surface area contributed by atoms with Crippen molar-refractivity contribution in [3.8, 4) is 5.75 Å². The molecule has 0 aliphatic rings. The largest absolute Gasteiger partial charge is 0.497 e. The van der Waals surface area contributed by atoms with Crippen LogP contribution in [0.5, 0.6) is 5.75 Å². The van der Waals surface area contributed by atoms with Gasteiger partial charge in [0, 0.05) is 24.1 Å². The van der Waals surface area contributed by atoms with Gasteiger partial charge in [-0.2, -0.15) is 11.8 Å². The molecule has 156 valence electrons. The normalized spacial score (nSPS) is 12.4. The van der Waals surface area contributed by atoms with E-state index in [1.807, 2.05) is 60.3 Å². The summed E-state index contributed by atoms with van der Waals surface area (Å²) in [5.41, 5.74) is 3.03. The molecule has 1 amide bonds. The molecule has 4 rings (SSSR count). The fourth-order valence-corrected chi connectivity index (χ4v) is 4.29. The highest BCUT2D eigenvalue weighted by atomic mass is 32.2. The number of carbonyl (C=O) groups excluding carboxylic acids is 1. The molecule has 1 N–H and O–H groups in total. The Morgan fingerprint density at radius 3 is 2.80 bits per heavy atom. The lowest BCUT2D eigenvalue weighted by atomic mass is 10.2. The number of benzene rings is 2. The number of methoxy groups -OCH3 is 1. The van der Waals surface area contributed by atoms with E-state index in [9.17, 15) is 4.79 Å². The highest BCUT2D eigenvalue weighted by Crippen LogP contribution is 2.24. The second-order valence-electron chi connectivity index (χ2n) is 7.29. The summed E-state index contributed by atoms with van der Waals surface area (Å²) in [4.78, 5) is 17.8. The van der Waals surface area contributed by atoms with Gasteiger partial charge in [0.1, 0.15) is 18.1 Å². The summed E-state index contributed by atoms with van der Waals surface area (Å²) < 4.78 is 9.33. The molecule has 7 heteroatoms. The Morgan fingerprint density at radius 1 is 1.20 bits per heavy atom. The van der Waals surface area contributed by atoms with Crippen LogP contribution in [0.15, 0.2) is 54.7 Å². The standard InChI is InChI=1S/C23H26N4O2S/c1-26-21-7-5-4-6-18(21)25-23(26)19(11-13-30-3)24-22(28)15-27-12-10-16-14-17(29-2)8-9-20(16)27/h4-10,12,14,19H,11,13,15H2,1-3H3,(H,24,28)/t19-/m0/s1. The van der Waals surface area contributed by atoms with Crippen molar-refractivity contribution >= 4 is 39.6 Å². The first-order valence-corrected chi connectivity index (χ1v) is 11.3. The minimum absolute atomic E-state index is 0.0264. The van der Waals surface area contributed by atoms with Crippen LogP contribution < -0.4 is 10.1 Å². The van der Waals surface area contributed by atoms with Crippen LogP contribution in [0.25, 0.3) is 21.9 Å². The van der Waals surface area contributed by atoms with E-state index in [-0.39, 0.29) is 18.5 Å². The van der Waals surface area contributed by atoms with Gasteiger partial charge in [0.25, 0.3) is 0 Å². The number of aryl methyl sites for hydroxylation is 1. The maximum absolute atomic E-state index is 13.0. The van der Waals surface area contributed by atoms with Gasteiger partial charge in [-0.15, -0.1) is 0 Å². The molecule has 0 fully saturated rings. The van der Waals surface area contributed by atoms with Gasteiger partial charge in [0.05, 0.1) is 24.2 Å². The number of thioether (sulfide) groups is 1. The predicted octanol–water partition coefficient (Wildman–Crippen LogP) is 4.15. The molecule has 0 aliphatic heterocycles. The average molecular weight is 423 g/mol.